The number of allylic oxidation sites excluding steroid dienone is 2. The highest BCUT2D eigenvalue weighted by Gasteiger charge is 2.03. The topological polar surface area (TPSA) is 28.1 Å². The molecule has 0 bridgehead atoms. The van der Waals surface area contributed by atoms with Crippen molar-refractivity contribution in [2.75, 3.05) is 0 Å². The van der Waals surface area contributed by atoms with E-state index in [4.69, 9.17) is 11.8 Å². The van der Waals surface area contributed by atoms with Gasteiger partial charge < -0.3 is 0 Å². The van der Waals surface area contributed by atoms with Crippen LogP contribution >= 0.6 is 0 Å². The molecule has 1 rings (SSSR count). The normalized spacial score (nSPS) is 11.1. The lowest BCUT2D eigenvalue weighted by Crippen LogP contribution is -1.84. The van der Waals surface area contributed by atoms with Crippen LogP contribution < -0.4 is 0 Å². The molecule has 1 aromatic rings. The van der Waals surface area contributed by atoms with Gasteiger partial charge in [-0.1, -0.05) is 29.8 Å². The van der Waals surface area contributed by atoms with Crippen LogP contribution in [-0.2, 0) is 0 Å². The zero-order valence-electron chi connectivity index (χ0n) is 8.20. The first kappa shape index (κ1) is 10.0. The van der Waals surface area contributed by atoms with Gasteiger partial charge in [0.15, 0.2) is 0 Å². The van der Waals surface area contributed by atoms with Crippen molar-refractivity contribution in [3.8, 4) is 6.07 Å². The minimum absolute atomic E-state index is 0.163. The highest BCUT2D eigenvalue weighted by Crippen LogP contribution is 2.19. The molecule has 0 atom stereocenters. The van der Waals surface area contributed by atoms with Crippen LogP contribution in [0, 0.1) is 24.8 Å². The second-order valence-corrected chi connectivity index (χ2v) is 3.07. The molecular weight excluding hydrogens is 172 g/mol. The molecule has 0 N–H and O–H groups in total. The molecule has 0 aliphatic heterocycles. The Labute approximate surface area is 83.9 Å². The van der Waals surface area contributed by atoms with Gasteiger partial charge in [-0.3, -0.25) is 0 Å². The molecule has 0 fully saturated rings. The molecule has 0 unspecified atom stereocenters. The van der Waals surface area contributed by atoms with Gasteiger partial charge in [-0.2, -0.15) is 0 Å². The Morgan fingerprint density at radius 1 is 1.50 bits per heavy atom. The number of nitrogens with zero attached hydrogens (tertiary/aromatic N) is 2. The number of rotatable bonds is 1. The van der Waals surface area contributed by atoms with E-state index >= 15 is 0 Å². The summed E-state index contributed by atoms with van der Waals surface area (Å²) in [7, 11) is 0. The monoisotopic (exact) mass is 182 g/mol. The first-order chi connectivity index (χ1) is 6.69. The molecule has 0 heterocycles. The Morgan fingerprint density at radius 3 is 2.71 bits per heavy atom. The van der Waals surface area contributed by atoms with Gasteiger partial charge in [-0.15, -0.1) is 0 Å². The molecule has 0 aliphatic rings. The summed E-state index contributed by atoms with van der Waals surface area (Å²) in [5, 5.41) is 8.71. The fourth-order valence-corrected chi connectivity index (χ4v) is 1.21. The van der Waals surface area contributed by atoms with E-state index in [-0.39, 0.29) is 5.70 Å². The van der Waals surface area contributed by atoms with Crippen molar-refractivity contribution in [2.24, 2.45) is 0 Å². The molecule has 0 saturated carbocycles. The average molecular weight is 182 g/mol. The average Bonchev–Trinajstić information content (AvgIpc) is 2.19. The van der Waals surface area contributed by atoms with Crippen molar-refractivity contribution in [1.29, 1.82) is 5.26 Å². The molecule has 0 radical (unpaired) electrons. The predicted octanol–water partition coefficient (Wildman–Crippen LogP) is 3.17. The standard InChI is InChI=1S/C12H10N2/c1-9-5-4-6-11(7-9)10(2)12(8-13)14-3/h4-7H,1-2H3. The molecule has 68 valence electrons. The van der Waals surface area contributed by atoms with Crippen LogP contribution in [0.1, 0.15) is 18.1 Å². The maximum Gasteiger partial charge on any atom is 0.265 e. The van der Waals surface area contributed by atoms with Crippen molar-refractivity contribution in [2.45, 2.75) is 13.8 Å². The smallest absolute Gasteiger partial charge is 0.226 e. The van der Waals surface area contributed by atoms with Crippen LogP contribution in [0.5, 0.6) is 0 Å². The van der Waals surface area contributed by atoms with Gasteiger partial charge in [-0.05, 0) is 25.0 Å². The first-order valence-electron chi connectivity index (χ1n) is 4.24. The number of nitriles is 1. The molecule has 14 heavy (non-hydrogen) atoms. The van der Waals surface area contributed by atoms with Crippen LogP contribution in [0.4, 0.5) is 0 Å². The summed E-state index contributed by atoms with van der Waals surface area (Å²) in [6, 6.07) is 9.68. The number of aryl methyl sites for hydroxylation is 1. The van der Waals surface area contributed by atoms with Gasteiger partial charge >= 0.3 is 0 Å². The summed E-state index contributed by atoms with van der Waals surface area (Å²) < 4.78 is 0. The second kappa shape index (κ2) is 4.25. The zero-order valence-corrected chi connectivity index (χ0v) is 8.20. The number of hydrogen-bond donors (Lipinski definition) is 0. The van der Waals surface area contributed by atoms with Crippen LogP contribution in [0.15, 0.2) is 30.0 Å². The summed E-state index contributed by atoms with van der Waals surface area (Å²) in [6.07, 6.45) is 0. The zero-order chi connectivity index (χ0) is 10.6. The minimum Gasteiger partial charge on any atom is -0.226 e. The molecule has 2 heteroatoms. The molecule has 0 amide bonds. The third kappa shape index (κ3) is 2.00. The van der Waals surface area contributed by atoms with Gasteiger partial charge in [0.1, 0.15) is 0 Å². The fourth-order valence-electron chi connectivity index (χ4n) is 1.21. The number of hydrogen-bond acceptors (Lipinski definition) is 1. The van der Waals surface area contributed by atoms with Gasteiger partial charge in [0.2, 0.25) is 0 Å². The predicted molar refractivity (Wildman–Crippen MR) is 56.0 cm³/mol. The highest BCUT2D eigenvalue weighted by molar-refractivity contribution is 5.71. The quantitative estimate of drug-likeness (QED) is 0.484. The minimum atomic E-state index is 0.163. The Kier molecular flexibility index (Phi) is 3.05. The van der Waals surface area contributed by atoms with Crippen molar-refractivity contribution in [3.05, 3.63) is 52.5 Å². The van der Waals surface area contributed by atoms with Crippen LogP contribution in [0.25, 0.3) is 10.4 Å². The molecule has 0 spiro atoms. The SMILES string of the molecule is [C-]#[N+]C(C#N)=C(C)c1cccc(C)c1. The molecule has 0 aliphatic carbocycles. The maximum absolute atomic E-state index is 8.71. The summed E-state index contributed by atoms with van der Waals surface area (Å²) in [4.78, 5) is 3.18. The molecule has 0 saturated heterocycles. The van der Waals surface area contributed by atoms with E-state index < -0.39 is 0 Å². The first-order valence-corrected chi connectivity index (χ1v) is 4.24. The van der Waals surface area contributed by atoms with Gasteiger partial charge in [-0.25, -0.2) is 10.1 Å². The van der Waals surface area contributed by atoms with Crippen molar-refractivity contribution in [1.82, 2.24) is 0 Å². The van der Waals surface area contributed by atoms with E-state index in [1.54, 1.807) is 6.92 Å². The summed E-state index contributed by atoms with van der Waals surface area (Å²) in [5.74, 6) is 0. The van der Waals surface area contributed by atoms with Crippen LogP contribution in [0.3, 0.4) is 0 Å². The van der Waals surface area contributed by atoms with E-state index in [1.807, 2.05) is 37.3 Å². The van der Waals surface area contributed by atoms with Crippen LogP contribution in [-0.4, -0.2) is 0 Å². The van der Waals surface area contributed by atoms with Crippen LogP contribution in [0.2, 0.25) is 0 Å². The fraction of sp³-hybridized carbons (Fsp3) is 0.167. The third-order valence-electron chi connectivity index (χ3n) is 2.02. The highest BCUT2D eigenvalue weighted by atomic mass is 14.7. The summed E-state index contributed by atoms with van der Waals surface area (Å²) >= 11 is 0. The van der Waals surface area contributed by atoms with Crippen molar-refractivity contribution in [3.63, 3.8) is 0 Å². The van der Waals surface area contributed by atoms with E-state index in [0.717, 1.165) is 16.7 Å². The summed E-state index contributed by atoms with van der Waals surface area (Å²) in [5.41, 5.74) is 2.98. The molecule has 2 nitrogen and oxygen atoms in total. The number of benzene rings is 1. The van der Waals surface area contributed by atoms with Gasteiger partial charge in [0.05, 0.1) is 12.6 Å². The maximum atomic E-state index is 8.71. The van der Waals surface area contributed by atoms with Gasteiger partial charge in [0, 0.05) is 0 Å². The lowest BCUT2D eigenvalue weighted by Gasteiger charge is -2.02. The van der Waals surface area contributed by atoms with E-state index in [0.29, 0.717) is 0 Å². The van der Waals surface area contributed by atoms with E-state index in [9.17, 15) is 0 Å². The Morgan fingerprint density at radius 2 is 2.21 bits per heavy atom. The summed E-state index contributed by atoms with van der Waals surface area (Å²) in [6.45, 7) is 10.6. The lowest BCUT2D eigenvalue weighted by molar-refractivity contribution is 1.42. The molecule has 1 aromatic carbocycles. The largest absolute Gasteiger partial charge is 0.265 e. The van der Waals surface area contributed by atoms with Crippen molar-refractivity contribution < 1.29 is 0 Å². The lowest BCUT2D eigenvalue weighted by atomic mass is 10.0. The Bertz CT molecular complexity index is 440. The molecule has 0 aromatic heterocycles. The Hall–Kier alpha value is -2.06. The van der Waals surface area contributed by atoms with Crippen molar-refractivity contribution >= 4 is 5.57 Å². The van der Waals surface area contributed by atoms with Gasteiger partial charge in [0.25, 0.3) is 5.70 Å². The Balaban J connectivity index is 3.27. The van der Waals surface area contributed by atoms with E-state index in [1.165, 1.54) is 0 Å². The second-order valence-electron chi connectivity index (χ2n) is 3.07. The third-order valence-corrected chi connectivity index (χ3v) is 2.02. The molecular formula is C12H10N2. The van der Waals surface area contributed by atoms with E-state index in [2.05, 4.69) is 4.85 Å².